The minimum absolute atomic E-state index is 0.0684. The van der Waals surface area contributed by atoms with Crippen LogP contribution in [0.1, 0.15) is 20.8 Å². The molecule has 15 heavy (non-hydrogen) atoms. The van der Waals surface area contributed by atoms with Gasteiger partial charge in [0.05, 0.1) is 5.60 Å². The summed E-state index contributed by atoms with van der Waals surface area (Å²) in [6.45, 7) is 5.02. The summed E-state index contributed by atoms with van der Waals surface area (Å²) >= 11 is 0. The summed E-state index contributed by atoms with van der Waals surface area (Å²) in [7, 11) is -3.55. The maximum Gasteiger partial charge on any atom is 0.123 e. The Morgan fingerprint density at radius 1 is 1.27 bits per heavy atom. The Labute approximate surface area is 89.4 Å². The van der Waals surface area contributed by atoms with Crippen LogP contribution in [0.5, 0.6) is 0 Å². The normalized spacial score (nSPS) is 16.0. The van der Waals surface area contributed by atoms with Crippen molar-refractivity contribution >= 4 is 10.0 Å². The van der Waals surface area contributed by atoms with Gasteiger partial charge in [0.2, 0.25) is 0 Å². The van der Waals surface area contributed by atoms with Gasteiger partial charge in [0.1, 0.15) is 5.82 Å². The van der Waals surface area contributed by atoms with Crippen LogP contribution in [0.2, 0.25) is 0 Å². The summed E-state index contributed by atoms with van der Waals surface area (Å²) < 4.78 is 38.9. The van der Waals surface area contributed by atoms with Crippen molar-refractivity contribution in [3.8, 4) is 0 Å². The molecule has 0 saturated carbocycles. The number of nitrogens with zero attached hydrogens (tertiary/aromatic N) is 1. The maximum absolute atomic E-state index is 12.6. The number of halogens is 1. The lowest BCUT2D eigenvalue weighted by Crippen LogP contribution is -2.23. The molecule has 0 heterocycles. The first-order chi connectivity index (χ1) is 6.71. The van der Waals surface area contributed by atoms with Gasteiger partial charge in [-0.25, -0.2) is 4.39 Å². The molecule has 0 amide bonds. The van der Waals surface area contributed by atoms with Gasteiger partial charge in [0, 0.05) is 14.9 Å². The van der Waals surface area contributed by atoms with Crippen LogP contribution in [0.3, 0.4) is 0 Å². The fourth-order valence-corrected chi connectivity index (χ4v) is 2.25. The van der Waals surface area contributed by atoms with Gasteiger partial charge in [-0.05, 0) is 45.0 Å². The van der Waals surface area contributed by atoms with E-state index in [1.165, 1.54) is 12.1 Å². The van der Waals surface area contributed by atoms with E-state index in [2.05, 4.69) is 0 Å². The van der Waals surface area contributed by atoms with Crippen molar-refractivity contribution in [2.24, 2.45) is 0 Å². The van der Waals surface area contributed by atoms with Crippen LogP contribution in [0.25, 0.3) is 4.78 Å². The molecule has 1 aromatic carbocycles. The third kappa shape index (κ3) is 3.60. The van der Waals surface area contributed by atoms with E-state index in [-0.39, 0.29) is 4.90 Å². The molecule has 0 aliphatic carbocycles. The average Bonchev–Trinajstić information content (AvgIpc) is 2.00. The van der Waals surface area contributed by atoms with E-state index in [1.54, 1.807) is 20.8 Å². The van der Waals surface area contributed by atoms with Crippen molar-refractivity contribution in [1.29, 1.82) is 0 Å². The Balaban J connectivity index is 3.02. The molecule has 1 unspecified atom stereocenters. The van der Waals surface area contributed by atoms with Crippen LogP contribution in [-0.2, 0) is 14.2 Å². The molecule has 84 valence electrons. The average molecular weight is 230 g/mol. The second kappa shape index (κ2) is 3.90. The molecule has 0 spiro atoms. The lowest BCUT2D eigenvalue weighted by molar-refractivity contribution is 0.150. The molecule has 3 nitrogen and oxygen atoms in total. The molecule has 5 heteroatoms. The molecule has 0 fully saturated rings. The third-order valence-electron chi connectivity index (χ3n) is 1.47. The molecule has 0 aliphatic rings. The van der Waals surface area contributed by atoms with E-state index in [0.29, 0.717) is 0 Å². The van der Waals surface area contributed by atoms with Crippen LogP contribution in [0.15, 0.2) is 29.2 Å². The first-order valence-electron chi connectivity index (χ1n) is 4.43. The zero-order valence-corrected chi connectivity index (χ0v) is 9.68. The minimum Gasteiger partial charge on any atom is -0.724 e. The molecule has 0 N–H and O–H groups in total. The first kappa shape index (κ1) is 12.1. The molecule has 0 radical (unpaired) electrons. The molecule has 0 aliphatic heterocycles. The van der Waals surface area contributed by atoms with Crippen LogP contribution < -0.4 is 0 Å². The molecule has 0 saturated heterocycles. The van der Waals surface area contributed by atoms with Gasteiger partial charge in [-0.15, -0.1) is 0 Å². The molecule has 1 atom stereocenters. The summed E-state index contributed by atoms with van der Waals surface area (Å²) in [4.78, 5) is 0.0684. The van der Waals surface area contributed by atoms with Crippen molar-refractivity contribution in [3.05, 3.63) is 34.9 Å². The predicted molar refractivity (Wildman–Crippen MR) is 57.0 cm³/mol. The monoisotopic (exact) mass is 230 g/mol. The van der Waals surface area contributed by atoms with E-state index in [9.17, 15) is 13.4 Å². The molecular weight excluding hydrogens is 217 g/mol. The van der Waals surface area contributed by atoms with Gasteiger partial charge in [-0.2, -0.15) is 0 Å². The number of hydrogen-bond donors (Lipinski definition) is 0. The Morgan fingerprint density at radius 3 is 2.13 bits per heavy atom. The molecule has 0 aromatic heterocycles. The lowest BCUT2D eigenvalue weighted by atomic mass is 10.2. The zero-order valence-electron chi connectivity index (χ0n) is 8.86. The fourth-order valence-electron chi connectivity index (χ4n) is 0.994. The van der Waals surface area contributed by atoms with Crippen molar-refractivity contribution in [2.45, 2.75) is 31.3 Å². The minimum atomic E-state index is -3.55. The van der Waals surface area contributed by atoms with Crippen LogP contribution in [0, 0.1) is 5.82 Å². The Kier molecular flexibility index (Phi) is 3.16. The highest BCUT2D eigenvalue weighted by atomic mass is 32.2. The Morgan fingerprint density at radius 2 is 1.73 bits per heavy atom. The SMILES string of the molecule is CC(C)(C)OS(=[N-])(=O)c1ccc(F)cc1. The molecular formula is C10H13FNO2S-. The van der Waals surface area contributed by atoms with E-state index in [4.69, 9.17) is 4.18 Å². The van der Waals surface area contributed by atoms with Crippen LogP contribution >= 0.6 is 0 Å². The van der Waals surface area contributed by atoms with Crippen LogP contribution in [-0.4, -0.2) is 9.81 Å². The van der Waals surface area contributed by atoms with Crippen molar-refractivity contribution < 1.29 is 12.8 Å². The summed E-state index contributed by atoms with van der Waals surface area (Å²) in [5.41, 5.74) is -0.736. The quantitative estimate of drug-likeness (QED) is 0.784. The van der Waals surface area contributed by atoms with E-state index < -0.39 is 21.4 Å². The summed E-state index contributed by atoms with van der Waals surface area (Å²) in [6.07, 6.45) is 0. The van der Waals surface area contributed by atoms with Crippen LogP contribution in [0.4, 0.5) is 4.39 Å². The standard InChI is InChI=1S/C10H13FNO2S/c1-10(2,3)14-15(12,13)9-6-4-8(11)5-7-9/h4-7H,1-3H3/q-1. The van der Waals surface area contributed by atoms with Crippen molar-refractivity contribution in [2.75, 3.05) is 0 Å². The van der Waals surface area contributed by atoms with Crippen molar-refractivity contribution in [3.63, 3.8) is 0 Å². The number of rotatable bonds is 2. The third-order valence-corrected chi connectivity index (χ3v) is 3.07. The van der Waals surface area contributed by atoms with Gasteiger partial charge in [0.25, 0.3) is 0 Å². The highest BCUT2D eigenvalue weighted by Gasteiger charge is 2.15. The van der Waals surface area contributed by atoms with Gasteiger partial charge < -0.3 is 8.96 Å². The van der Waals surface area contributed by atoms with E-state index >= 15 is 0 Å². The van der Waals surface area contributed by atoms with E-state index in [0.717, 1.165) is 12.1 Å². The second-order valence-electron chi connectivity index (χ2n) is 4.12. The summed E-state index contributed by atoms with van der Waals surface area (Å²) in [5, 5.41) is 0. The summed E-state index contributed by atoms with van der Waals surface area (Å²) in [5.74, 6) is -0.454. The molecule has 0 bridgehead atoms. The molecule has 1 aromatic rings. The molecule has 1 rings (SSSR count). The van der Waals surface area contributed by atoms with E-state index in [1.807, 2.05) is 0 Å². The number of hydrogen-bond acceptors (Lipinski definition) is 2. The van der Waals surface area contributed by atoms with Crippen molar-refractivity contribution in [1.82, 2.24) is 0 Å². The number of benzene rings is 1. The first-order valence-corrected chi connectivity index (χ1v) is 5.87. The van der Waals surface area contributed by atoms with Gasteiger partial charge in [-0.1, -0.05) is 0 Å². The highest BCUT2D eigenvalue weighted by Crippen LogP contribution is 2.20. The smallest absolute Gasteiger partial charge is 0.123 e. The Hall–Kier alpha value is -0.940. The van der Waals surface area contributed by atoms with Gasteiger partial charge >= 0.3 is 0 Å². The van der Waals surface area contributed by atoms with Gasteiger partial charge in [0.15, 0.2) is 0 Å². The second-order valence-corrected chi connectivity index (χ2v) is 5.71. The largest absolute Gasteiger partial charge is 0.724 e. The fraction of sp³-hybridized carbons (Fsp3) is 0.400. The lowest BCUT2D eigenvalue weighted by Gasteiger charge is -2.26. The maximum atomic E-state index is 12.6. The zero-order chi connectivity index (χ0) is 11.7. The predicted octanol–water partition coefficient (Wildman–Crippen LogP) is 2.95. The topological polar surface area (TPSA) is 48.6 Å². The summed E-state index contributed by atoms with van der Waals surface area (Å²) in [6, 6.07) is 4.72. The highest BCUT2D eigenvalue weighted by molar-refractivity contribution is 7.90. The van der Waals surface area contributed by atoms with Gasteiger partial charge in [-0.3, -0.25) is 4.21 Å². The Bertz CT molecular complexity index is 431.